The summed E-state index contributed by atoms with van der Waals surface area (Å²) >= 11 is 0. The van der Waals surface area contributed by atoms with Crippen molar-refractivity contribution in [3.63, 3.8) is 0 Å². The highest BCUT2D eigenvalue weighted by Crippen LogP contribution is 2.32. The molecule has 0 aliphatic carbocycles. The van der Waals surface area contributed by atoms with Gasteiger partial charge >= 0.3 is 0 Å². The molecule has 3 rings (SSSR count). The zero-order chi connectivity index (χ0) is 18.6. The Morgan fingerprint density at radius 1 is 0.963 bits per heavy atom. The predicted octanol–water partition coefficient (Wildman–Crippen LogP) is 3.33. The molecule has 5 nitrogen and oxygen atoms in total. The third kappa shape index (κ3) is 4.81. The number of anilines is 2. The van der Waals surface area contributed by atoms with Crippen molar-refractivity contribution in [1.82, 2.24) is 5.32 Å². The lowest BCUT2D eigenvalue weighted by Gasteiger charge is -2.26. The van der Waals surface area contributed by atoms with Crippen LogP contribution in [0.4, 0.5) is 20.2 Å². The first-order valence-corrected chi connectivity index (χ1v) is 8.31. The lowest BCUT2D eigenvalue weighted by atomic mass is 9.82. The molecule has 1 aliphatic heterocycles. The summed E-state index contributed by atoms with van der Waals surface area (Å²) in [6, 6.07) is 11.7. The van der Waals surface area contributed by atoms with Gasteiger partial charge in [-0.3, -0.25) is 9.59 Å². The summed E-state index contributed by atoms with van der Waals surface area (Å²) in [5.41, 5.74) is -0.885. The largest absolute Gasteiger partial charge is 0.324 e. The first-order chi connectivity index (χ1) is 12.5. The van der Waals surface area contributed by atoms with Crippen molar-refractivity contribution < 1.29 is 18.4 Å². The van der Waals surface area contributed by atoms with Gasteiger partial charge in [0.15, 0.2) is 0 Å². The topological polar surface area (TPSA) is 70.2 Å². The zero-order valence-electron chi connectivity index (χ0n) is 14.4. The molecule has 144 valence electrons. The maximum Gasteiger partial charge on any atom is 0.232 e. The van der Waals surface area contributed by atoms with Crippen LogP contribution in [0.15, 0.2) is 48.5 Å². The number of amides is 2. The molecule has 8 heteroatoms. The van der Waals surface area contributed by atoms with Crippen LogP contribution in [0.3, 0.4) is 0 Å². The van der Waals surface area contributed by atoms with E-state index in [1.807, 2.05) is 0 Å². The molecule has 27 heavy (non-hydrogen) atoms. The molecule has 1 fully saturated rings. The summed E-state index contributed by atoms with van der Waals surface area (Å²) in [5, 5.41) is 8.13. The Balaban J connectivity index is 0.00000261. The van der Waals surface area contributed by atoms with Gasteiger partial charge in [-0.05, 0) is 37.2 Å². The zero-order valence-corrected chi connectivity index (χ0v) is 15.2. The quantitative estimate of drug-likeness (QED) is 0.727. The molecule has 2 aromatic rings. The molecule has 1 aliphatic rings. The molecule has 0 spiro atoms. The minimum atomic E-state index is -1.02. The van der Waals surface area contributed by atoms with Crippen molar-refractivity contribution >= 4 is 35.6 Å². The summed E-state index contributed by atoms with van der Waals surface area (Å²) in [6.45, 7) is 0.857. The van der Waals surface area contributed by atoms with Crippen LogP contribution in [0.25, 0.3) is 0 Å². The molecule has 2 amide bonds. The fourth-order valence-electron chi connectivity index (χ4n) is 3.05. The van der Waals surface area contributed by atoms with Gasteiger partial charge < -0.3 is 16.0 Å². The molecule has 2 aromatic carbocycles. The van der Waals surface area contributed by atoms with E-state index in [4.69, 9.17) is 0 Å². The summed E-state index contributed by atoms with van der Waals surface area (Å²) in [5.74, 6) is -1.99. The number of carbonyl (C=O) groups excluding carboxylic acids is 2. The normalized spacial score (nSPS) is 18.4. The number of rotatable bonds is 5. The maximum atomic E-state index is 13.8. The van der Waals surface area contributed by atoms with E-state index in [1.54, 1.807) is 12.1 Å². The van der Waals surface area contributed by atoms with Crippen molar-refractivity contribution in [2.24, 2.45) is 5.41 Å². The highest BCUT2D eigenvalue weighted by atomic mass is 35.5. The molecule has 3 N–H and O–H groups in total. The van der Waals surface area contributed by atoms with Crippen molar-refractivity contribution in [2.45, 2.75) is 12.8 Å². The van der Waals surface area contributed by atoms with Gasteiger partial charge in [-0.25, -0.2) is 8.78 Å². The van der Waals surface area contributed by atoms with E-state index in [9.17, 15) is 18.4 Å². The number of hydrogen-bond acceptors (Lipinski definition) is 3. The van der Waals surface area contributed by atoms with E-state index in [0.29, 0.717) is 13.0 Å². The van der Waals surface area contributed by atoms with Crippen LogP contribution in [0.2, 0.25) is 0 Å². The van der Waals surface area contributed by atoms with Gasteiger partial charge in [0.2, 0.25) is 11.8 Å². The molecular weight excluding hydrogens is 376 g/mol. The number of carbonyl (C=O) groups is 2. The Labute approximate surface area is 161 Å². The van der Waals surface area contributed by atoms with Crippen LogP contribution in [0, 0.1) is 17.0 Å². The van der Waals surface area contributed by atoms with E-state index < -0.39 is 28.9 Å². The molecule has 0 aromatic heterocycles. The minimum Gasteiger partial charge on any atom is -0.324 e. The molecule has 1 saturated heterocycles. The Kier molecular flexibility index (Phi) is 6.87. The number of para-hydroxylation sites is 2. The molecule has 0 saturated carbocycles. The Bertz CT molecular complexity index is 826. The summed E-state index contributed by atoms with van der Waals surface area (Å²) in [6.07, 6.45) is 0.298. The van der Waals surface area contributed by atoms with Crippen LogP contribution in [-0.4, -0.2) is 24.9 Å². The highest BCUT2D eigenvalue weighted by molar-refractivity contribution is 6.01. The van der Waals surface area contributed by atoms with Crippen LogP contribution in [-0.2, 0) is 9.59 Å². The first kappa shape index (κ1) is 20.8. The average molecular weight is 396 g/mol. The Morgan fingerprint density at radius 2 is 1.52 bits per heavy atom. The van der Waals surface area contributed by atoms with Crippen LogP contribution >= 0.6 is 12.4 Å². The average Bonchev–Trinajstić information content (AvgIpc) is 3.08. The molecule has 1 atom stereocenters. The number of nitrogens with one attached hydrogen (secondary N) is 3. The van der Waals surface area contributed by atoms with Gasteiger partial charge in [-0.1, -0.05) is 24.3 Å². The van der Waals surface area contributed by atoms with Crippen molar-refractivity contribution in [3.8, 4) is 0 Å². The molecule has 0 bridgehead atoms. The third-order valence-corrected chi connectivity index (χ3v) is 4.49. The first-order valence-electron chi connectivity index (χ1n) is 8.31. The Hall–Kier alpha value is -2.51. The van der Waals surface area contributed by atoms with Crippen LogP contribution < -0.4 is 16.0 Å². The number of hydrogen-bond donors (Lipinski definition) is 3. The molecule has 1 heterocycles. The Morgan fingerprint density at radius 3 is 2.04 bits per heavy atom. The van der Waals surface area contributed by atoms with Crippen molar-refractivity contribution in [2.75, 3.05) is 23.7 Å². The van der Waals surface area contributed by atoms with E-state index in [1.165, 1.54) is 36.4 Å². The van der Waals surface area contributed by atoms with E-state index in [-0.39, 0.29) is 36.7 Å². The third-order valence-electron chi connectivity index (χ3n) is 4.49. The van der Waals surface area contributed by atoms with Gasteiger partial charge in [-0.15, -0.1) is 12.4 Å². The lowest BCUT2D eigenvalue weighted by Crippen LogP contribution is -2.41. The monoisotopic (exact) mass is 395 g/mol. The fourth-order valence-corrected chi connectivity index (χ4v) is 3.05. The van der Waals surface area contributed by atoms with Gasteiger partial charge in [0.05, 0.1) is 16.8 Å². The van der Waals surface area contributed by atoms with E-state index >= 15 is 0 Å². The molecule has 1 unspecified atom stereocenters. The maximum absolute atomic E-state index is 13.8. The molecule has 0 radical (unpaired) electrons. The summed E-state index contributed by atoms with van der Waals surface area (Å²) < 4.78 is 27.5. The van der Waals surface area contributed by atoms with Crippen molar-refractivity contribution in [3.05, 3.63) is 60.2 Å². The standard InChI is InChI=1S/C19H19F2N3O2.ClH/c20-13-5-1-3-7-15(13)23-17(25)11-19(9-10-22-12-19)18(26)24-16-8-4-2-6-14(16)21;/h1-8,22H,9-12H2,(H,23,25)(H,24,26);1H. The SMILES string of the molecule is Cl.O=C(CC1(C(=O)Nc2ccccc2F)CCNC1)Nc1ccccc1F. The second kappa shape index (κ2) is 8.92. The van der Waals surface area contributed by atoms with Gasteiger partial charge in [-0.2, -0.15) is 0 Å². The van der Waals surface area contributed by atoms with Crippen LogP contribution in [0.5, 0.6) is 0 Å². The number of benzene rings is 2. The fraction of sp³-hybridized carbons (Fsp3) is 0.263. The second-order valence-electron chi connectivity index (χ2n) is 6.35. The predicted molar refractivity (Wildman–Crippen MR) is 102 cm³/mol. The second-order valence-corrected chi connectivity index (χ2v) is 6.35. The van der Waals surface area contributed by atoms with Crippen molar-refractivity contribution in [1.29, 1.82) is 0 Å². The highest BCUT2D eigenvalue weighted by Gasteiger charge is 2.43. The van der Waals surface area contributed by atoms with E-state index in [2.05, 4.69) is 16.0 Å². The van der Waals surface area contributed by atoms with E-state index in [0.717, 1.165) is 0 Å². The van der Waals surface area contributed by atoms with Gasteiger partial charge in [0.25, 0.3) is 0 Å². The molecular formula is C19H20ClF2N3O2. The van der Waals surface area contributed by atoms with Gasteiger partial charge in [0.1, 0.15) is 11.6 Å². The smallest absolute Gasteiger partial charge is 0.232 e. The minimum absolute atomic E-state index is 0. The lowest BCUT2D eigenvalue weighted by molar-refractivity contribution is -0.129. The summed E-state index contributed by atoms with van der Waals surface area (Å²) in [4.78, 5) is 25.2. The van der Waals surface area contributed by atoms with Gasteiger partial charge in [0, 0.05) is 13.0 Å². The van der Waals surface area contributed by atoms with Crippen LogP contribution in [0.1, 0.15) is 12.8 Å². The summed E-state index contributed by atoms with van der Waals surface area (Å²) in [7, 11) is 0. The number of halogens is 3.